The molecule has 1 aromatic carbocycles. The Morgan fingerprint density at radius 1 is 1.28 bits per heavy atom. The lowest BCUT2D eigenvalue weighted by molar-refractivity contribution is -0.148. The van der Waals surface area contributed by atoms with Crippen LogP contribution in [0.3, 0.4) is 0 Å². The summed E-state index contributed by atoms with van der Waals surface area (Å²) < 4.78 is 11.1. The Bertz CT molecular complexity index is 1330. The van der Waals surface area contributed by atoms with Gasteiger partial charge >= 0.3 is 0 Å². The number of rotatable bonds is 6. The number of allylic oxidation sites excluding steroid dienone is 1. The lowest BCUT2D eigenvalue weighted by Crippen LogP contribution is -2.63. The summed E-state index contributed by atoms with van der Waals surface area (Å²) in [5.41, 5.74) is 2.66. The number of primary amides is 1. The molecule has 1 aromatic rings. The molecule has 1 saturated heterocycles. The number of benzene rings is 1. The van der Waals surface area contributed by atoms with E-state index < -0.39 is 58.0 Å². The number of nitrogens with zero attached hydrogens (tertiary/aromatic N) is 1. The molecule has 0 spiro atoms. The van der Waals surface area contributed by atoms with Crippen molar-refractivity contribution < 1.29 is 44.3 Å². The Morgan fingerprint density at radius 2 is 2.00 bits per heavy atom. The SMILES string of the molecule is COc1c(CNC2CCOC2)cc(O)c2c1C[C@H]1C[C@H]3[C@H](N(C)C)C(O)=C(C(N)=O)C(=O)[C@@]3(O)C(O)=C1C2=O. The number of aliphatic hydroxyl groups is 3. The van der Waals surface area contributed by atoms with E-state index in [-0.39, 0.29) is 35.8 Å². The summed E-state index contributed by atoms with van der Waals surface area (Å²) in [7, 11) is 4.64. The van der Waals surface area contributed by atoms with Gasteiger partial charge in [-0.05, 0) is 45.3 Å². The van der Waals surface area contributed by atoms with Gasteiger partial charge in [-0.3, -0.25) is 19.3 Å². The maximum atomic E-state index is 13.8. The van der Waals surface area contributed by atoms with Gasteiger partial charge in [-0.2, -0.15) is 0 Å². The molecule has 4 aliphatic rings. The van der Waals surface area contributed by atoms with Gasteiger partial charge < -0.3 is 41.0 Å². The van der Waals surface area contributed by atoms with Crippen LogP contribution >= 0.6 is 0 Å². The van der Waals surface area contributed by atoms with Crippen molar-refractivity contribution in [2.75, 3.05) is 34.4 Å². The average molecular weight is 544 g/mol. The number of ketones is 2. The van der Waals surface area contributed by atoms with Crippen LogP contribution in [-0.4, -0.2) is 94.9 Å². The Kier molecular flexibility index (Phi) is 6.70. The van der Waals surface area contributed by atoms with Crippen molar-refractivity contribution in [2.24, 2.45) is 17.6 Å². The lowest BCUT2D eigenvalue weighted by atomic mass is 9.58. The van der Waals surface area contributed by atoms with Crippen LogP contribution in [0.25, 0.3) is 0 Å². The topological polar surface area (TPSA) is 192 Å². The molecule has 0 radical (unpaired) electrons. The van der Waals surface area contributed by atoms with Crippen LogP contribution in [0, 0.1) is 11.8 Å². The van der Waals surface area contributed by atoms with Gasteiger partial charge in [-0.1, -0.05) is 0 Å². The van der Waals surface area contributed by atoms with Crippen LogP contribution < -0.4 is 15.8 Å². The highest BCUT2D eigenvalue weighted by atomic mass is 16.5. The van der Waals surface area contributed by atoms with Gasteiger partial charge in [0.2, 0.25) is 5.78 Å². The monoisotopic (exact) mass is 543 g/mol. The number of aliphatic hydroxyl groups excluding tert-OH is 2. The maximum absolute atomic E-state index is 13.8. The highest BCUT2D eigenvalue weighted by molar-refractivity contribution is 6.24. The quantitative estimate of drug-likeness (QED) is 0.265. The van der Waals surface area contributed by atoms with E-state index in [4.69, 9.17) is 15.2 Å². The van der Waals surface area contributed by atoms with Crippen LogP contribution in [0.1, 0.15) is 34.3 Å². The zero-order valence-electron chi connectivity index (χ0n) is 22.0. The van der Waals surface area contributed by atoms with Crippen molar-refractivity contribution in [1.29, 1.82) is 0 Å². The third-order valence-electron chi connectivity index (χ3n) is 8.46. The Balaban J connectivity index is 1.62. The Morgan fingerprint density at radius 3 is 2.59 bits per heavy atom. The minimum absolute atomic E-state index is 0.0115. The van der Waals surface area contributed by atoms with Crippen molar-refractivity contribution in [1.82, 2.24) is 10.2 Å². The fourth-order valence-corrected chi connectivity index (χ4v) is 6.70. The number of likely N-dealkylation sites (N-methyl/N-ethyl adjacent to an activating group) is 1. The molecule has 1 fully saturated rings. The molecule has 5 atom stereocenters. The maximum Gasteiger partial charge on any atom is 0.255 e. The number of nitrogens with one attached hydrogen (secondary N) is 1. The summed E-state index contributed by atoms with van der Waals surface area (Å²) >= 11 is 0. The second-order valence-electron chi connectivity index (χ2n) is 10.8. The second kappa shape index (κ2) is 9.63. The molecular formula is C27H33N3O9. The average Bonchev–Trinajstić information content (AvgIpc) is 3.38. The summed E-state index contributed by atoms with van der Waals surface area (Å²) in [6, 6.07) is 0.529. The van der Waals surface area contributed by atoms with Crippen LogP contribution in [0.4, 0.5) is 0 Å². The number of methoxy groups -OCH3 is 1. The summed E-state index contributed by atoms with van der Waals surface area (Å²) in [5.74, 6) is -6.44. The zero-order chi connectivity index (χ0) is 28.4. The molecule has 5 rings (SSSR count). The van der Waals surface area contributed by atoms with Gasteiger partial charge in [-0.15, -0.1) is 0 Å². The number of hydrogen-bond donors (Lipinski definition) is 6. The van der Waals surface area contributed by atoms with E-state index in [2.05, 4.69) is 5.32 Å². The van der Waals surface area contributed by atoms with Gasteiger partial charge in [0.05, 0.1) is 25.3 Å². The molecule has 7 N–H and O–H groups in total. The standard InChI is InChI=1S/C27H33N3O9/c1-30(2)20-15-7-11-6-14-18(16(31)8-12(23(14)38-3)9-29-13-4-5-39-10-13)21(32)17(11)24(34)27(15,37)25(35)19(22(20)33)26(28)36/h8,11,13,15,20,29,31,33-34,37H,4-7,9-10H2,1-3H3,(H2,28,36)/t11-,13?,15-,20-,27-/m0/s1. The number of carbonyl (C=O) groups is 3. The van der Waals surface area contributed by atoms with Crippen LogP contribution in [0.2, 0.25) is 0 Å². The van der Waals surface area contributed by atoms with E-state index in [1.807, 2.05) is 0 Å². The van der Waals surface area contributed by atoms with E-state index in [1.54, 1.807) is 14.1 Å². The lowest BCUT2D eigenvalue weighted by Gasteiger charge is -2.50. The van der Waals surface area contributed by atoms with E-state index in [9.17, 15) is 34.8 Å². The Hall–Kier alpha value is -3.45. The molecule has 0 aromatic heterocycles. The van der Waals surface area contributed by atoms with E-state index in [0.29, 0.717) is 36.6 Å². The van der Waals surface area contributed by atoms with Crippen molar-refractivity contribution in [3.63, 3.8) is 0 Å². The first kappa shape index (κ1) is 27.1. The fraction of sp³-hybridized carbons (Fsp3) is 0.519. The zero-order valence-corrected chi connectivity index (χ0v) is 22.0. The number of Topliss-reactive ketones (excluding diaryl/α,β-unsaturated/α-hetero) is 2. The second-order valence-corrected chi connectivity index (χ2v) is 10.8. The normalized spacial score (nSPS) is 30.4. The number of fused-ring (bicyclic) bond motifs is 3. The van der Waals surface area contributed by atoms with Gasteiger partial charge in [0.1, 0.15) is 28.6 Å². The number of carbonyl (C=O) groups excluding carboxylic acids is 3. The molecule has 39 heavy (non-hydrogen) atoms. The first-order valence-electron chi connectivity index (χ1n) is 12.8. The molecular weight excluding hydrogens is 510 g/mol. The smallest absolute Gasteiger partial charge is 0.255 e. The Labute approximate surface area is 224 Å². The van der Waals surface area contributed by atoms with Crippen molar-refractivity contribution in [2.45, 2.75) is 43.5 Å². The predicted molar refractivity (Wildman–Crippen MR) is 136 cm³/mol. The summed E-state index contributed by atoms with van der Waals surface area (Å²) in [6.07, 6.45) is 1.02. The third kappa shape index (κ3) is 3.93. The fourth-order valence-electron chi connectivity index (χ4n) is 6.70. The minimum Gasteiger partial charge on any atom is -0.510 e. The van der Waals surface area contributed by atoms with Crippen molar-refractivity contribution in [3.8, 4) is 11.5 Å². The number of hydrogen-bond acceptors (Lipinski definition) is 11. The first-order chi connectivity index (χ1) is 18.4. The number of aromatic hydroxyl groups is 1. The largest absolute Gasteiger partial charge is 0.510 e. The van der Waals surface area contributed by atoms with Gasteiger partial charge in [0.25, 0.3) is 5.91 Å². The van der Waals surface area contributed by atoms with Gasteiger partial charge in [0, 0.05) is 41.8 Å². The molecule has 1 heterocycles. The molecule has 0 bridgehead atoms. The summed E-state index contributed by atoms with van der Waals surface area (Å²) in [4.78, 5) is 40.8. The highest BCUT2D eigenvalue weighted by Crippen LogP contribution is 2.53. The summed E-state index contributed by atoms with van der Waals surface area (Å²) in [6.45, 7) is 1.59. The molecule has 1 amide bonds. The molecule has 210 valence electrons. The number of phenolic OH excluding ortho intramolecular Hbond substituents is 1. The van der Waals surface area contributed by atoms with Crippen LogP contribution in [-0.2, 0) is 27.3 Å². The molecule has 1 aliphatic heterocycles. The minimum atomic E-state index is -2.67. The predicted octanol–water partition coefficient (Wildman–Crippen LogP) is 0.00770. The van der Waals surface area contributed by atoms with E-state index in [0.717, 1.165) is 6.42 Å². The van der Waals surface area contributed by atoms with Crippen LogP contribution in [0.5, 0.6) is 11.5 Å². The van der Waals surface area contributed by atoms with Crippen LogP contribution in [0.15, 0.2) is 28.7 Å². The van der Waals surface area contributed by atoms with Crippen molar-refractivity contribution >= 4 is 17.5 Å². The third-order valence-corrected chi connectivity index (χ3v) is 8.46. The van der Waals surface area contributed by atoms with E-state index >= 15 is 0 Å². The first-order valence-corrected chi connectivity index (χ1v) is 12.8. The molecule has 12 nitrogen and oxygen atoms in total. The van der Waals surface area contributed by atoms with E-state index in [1.165, 1.54) is 18.1 Å². The molecule has 0 saturated carbocycles. The number of nitrogens with two attached hydrogens (primary N) is 1. The number of amides is 1. The van der Waals surface area contributed by atoms with Crippen molar-refractivity contribution in [3.05, 3.63) is 45.4 Å². The highest BCUT2D eigenvalue weighted by Gasteiger charge is 2.63. The number of phenols is 1. The molecule has 1 unspecified atom stereocenters. The number of ether oxygens (including phenoxy) is 2. The van der Waals surface area contributed by atoms with Gasteiger partial charge in [-0.25, -0.2) is 0 Å². The molecule has 3 aliphatic carbocycles. The summed E-state index contributed by atoms with van der Waals surface area (Å²) in [5, 5.41) is 48.2. The molecule has 12 heteroatoms. The van der Waals surface area contributed by atoms with Gasteiger partial charge in [0.15, 0.2) is 11.4 Å².